The van der Waals surface area contributed by atoms with E-state index in [9.17, 15) is 14.4 Å². The molecule has 0 aromatic carbocycles. The summed E-state index contributed by atoms with van der Waals surface area (Å²) >= 11 is 0. The van der Waals surface area contributed by atoms with E-state index in [0.717, 1.165) is 0 Å². The van der Waals surface area contributed by atoms with Gasteiger partial charge in [0, 0.05) is 32.6 Å². The number of hydrogen-bond acceptors (Lipinski definition) is 3. The summed E-state index contributed by atoms with van der Waals surface area (Å²) in [5, 5.41) is 13.9. The Kier molecular flexibility index (Phi) is 4.74. The van der Waals surface area contributed by atoms with Gasteiger partial charge in [0.2, 0.25) is 5.91 Å². The van der Waals surface area contributed by atoms with E-state index in [1.807, 2.05) is 0 Å². The molecule has 0 aliphatic carbocycles. The molecule has 17 heavy (non-hydrogen) atoms. The lowest BCUT2D eigenvalue weighted by Gasteiger charge is -2.16. The monoisotopic (exact) mass is 243 g/mol. The van der Waals surface area contributed by atoms with Crippen molar-refractivity contribution in [1.29, 1.82) is 0 Å². The van der Waals surface area contributed by atoms with E-state index in [2.05, 4.69) is 10.6 Å². The number of aliphatic carboxylic acids is 1. The molecule has 7 nitrogen and oxygen atoms in total. The summed E-state index contributed by atoms with van der Waals surface area (Å²) in [5.41, 5.74) is 0. The predicted octanol–water partition coefficient (Wildman–Crippen LogP) is -0.761. The van der Waals surface area contributed by atoms with Crippen LogP contribution in [0, 0.1) is 5.92 Å². The van der Waals surface area contributed by atoms with Crippen LogP contribution in [0.2, 0.25) is 0 Å². The summed E-state index contributed by atoms with van der Waals surface area (Å²) in [5.74, 6) is -1.74. The molecule has 1 aliphatic heterocycles. The van der Waals surface area contributed by atoms with Gasteiger partial charge in [-0.15, -0.1) is 0 Å². The summed E-state index contributed by atoms with van der Waals surface area (Å²) in [6.45, 7) is 3.24. The number of amides is 3. The van der Waals surface area contributed by atoms with Crippen molar-refractivity contribution in [3.05, 3.63) is 0 Å². The first kappa shape index (κ1) is 13.3. The first-order valence-corrected chi connectivity index (χ1v) is 5.56. The molecule has 0 bridgehead atoms. The van der Waals surface area contributed by atoms with Crippen LogP contribution in [0.4, 0.5) is 4.79 Å². The fourth-order valence-corrected chi connectivity index (χ4v) is 1.68. The molecule has 0 saturated carbocycles. The largest absolute Gasteiger partial charge is 0.481 e. The highest BCUT2D eigenvalue weighted by Gasteiger charge is 2.33. The molecule has 3 amide bonds. The van der Waals surface area contributed by atoms with Gasteiger partial charge in [0.1, 0.15) is 0 Å². The van der Waals surface area contributed by atoms with Gasteiger partial charge in [0.15, 0.2) is 0 Å². The minimum absolute atomic E-state index is 0.0521. The molecular formula is C10H17N3O4. The van der Waals surface area contributed by atoms with E-state index >= 15 is 0 Å². The Balaban J connectivity index is 2.26. The lowest BCUT2D eigenvalue weighted by atomic mass is 10.1. The third kappa shape index (κ3) is 3.93. The van der Waals surface area contributed by atoms with Crippen molar-refractivity contribution >= 4 is 17.9 Å². The Labute approximate surface area is 99.2 Å². The van der Waals surface area contributed by atoms with E-state index < -0.39 is 11.9 Å². The molecule has 1 aliphatic rings. The fraction of sp³-hybridized carbons (Fsp3) is 0.700. The van der Waals surface area contributed by atoms with Crippen molar-refractivity contribution < 1.29 is 19.5 Å². The van der Waals surface area contributed by atoms with Crippen LogP contribution in [-0.2, 0) is 9.59 Å². The Morgan fingerprint density at radius 2 is 2.18 bits per heavy atom. The quantitative estimate of drug-likeness (QED) is 0.591. The predicted molar refractivity (Wildman–Crippen MR) is 59.4 cm³/mol. The maximum absolute atomic E-state index is 11.4. The average Bonchev–Trinajstić information content (AvgIpc) is 2.61. The number of hydrogen-bond donors (Lipinski definition) is 3. The van der Waals surface area contributed by atoms with Crippen LogP contribution < -0.4 is 10.6 Å². The maximum Gasteiger partial charge on any atom is 0.314 e. The lowest BCUT2D eigenvalue weighted by Crippen LogP contribution is -2.40. The number of urea groups is 1. The molecule has 3 N–H and O–H groups in total. The highest BCUT2D eigenvalue weighted by Crippen LogP contribution is 2.16. The molecule has 1 heterocycles. The third-order valence-electron chi connectivity index (χ3n) is 2.57. The lowest BCUT2D eigenvalue weighted by molar-refractivity contribution is -0.141. The summed E-state index contributed by atoms with van der Waals surface area (Å²) in [6.07, 6.45) is 0.0521. The van der Waals surface area contributed by atoms with Gasteiger partial charge >= 0.3 is 12.0 Å². The minimum Gasteiger partial charge on any atom is -0.481 e. The number of carbonyl (C=O) groups is 3. The van der Waals surface area contributed by atoms with E-state index in [1.54, 1.807) is 6.92 Å². The van der Waals surface area contributed by atoms with E-state index in [1.165, 1.54) is 4.90 Å². The van der Waals surface area contributed by atoms with Crippen molar-refractivity contribution in [2.45, 2.75) is 13.3 Å². The van der Waals surface area contributed by atoms with Crippen LogP contribution in [0.3, 0.4) is 0 Å². The van der Waals surface area contributed by atoms with Gasteiger partial charge in [-0.2, -0.15) is 0 Å². The van der Waals surface area contributed by atoms with E-state index in [-0.39, 0.29) is 24.9 Å². The molecular weight excluding hydrogens is 226 g/mol. The number of rotatable bonds is 5. The summed E-state index contributed by atoms with van der Waals surface area (Å²) in [6, 6.07) is -0.283. The second kappa shape index (κ2) is 6.07. The molecule has 1 rings (SSSR count). The zero-order chi connectivity index (χ0) is 12.8. The van der Waals surface area contributed by atoms with Crippen molar-refractivity contribution in [3.63, 3.8) is 0 Å². The van der Waals surface area contributed by atoms with Crippen molar-refractivity contribution in [2.75, 3.05) is 26.2 Å². The standard InChI is InChI=1S/C10H17N3O4/c1-2-11-10(17)12-3-4-13-6-7(9(15)16)5-8(13)14/h7H,2-6H2,1H3,(H,15,16)(H2,11,12,17). The Morgan fingerprint density at radius 3 is 2.71 bits per heavy atom. The average molecular weight is 243 g/mol. The van der Waals surface area contributed by atoms with Crippen LogP contribution in [0.1, 0.15) is 13.3 Å². The SMILES string of the molecule is CCNC(=O)NCCN1CC(C(=O)O)CC1=O. The second-order valence-electron chi connectivity index (χ2n) is 3.87. The molecule has 7 heteroatoms. The van der Waals surface area contributed by atoms with Gasteiger partial charge in [-0.1, -0.05) is 0 Å². The van der Waals surface area contributed by atoms with Crippen LogP contribution in [0.15, 0.2) is 0 Å². The number of carbonyl (C=O) groups excluding carboxylic acids is 2. The van der Waals surface area contributed by atoms with Gasteiger partial charge in [0.25, 0.3) is 0 Å². The van der Waals surface area contributed by atoms with E-state index in [4.69, 9.17) is 5.11 Å². The van der Waals surface area contributed by atoms with E-state index in [0.29, 0.717) is 19.6 Å². The molecule has 1 atom stereocenters. The molecule has 0 aromatic heterocycles. The topological polar surface area (TPSA) is 98.7 Å². The summed E-state index contributed by atoms with van der Waals surface area (Å²) in [7, 11) is 0. The molecule has 0 radical (unpaired) electrons. The molecule has 1 saturated heterocycles. The highest BCUT2D eigenvalue weighted by molar-refractivity contribution is 5.86. The first-order chi connectivity index (χ1) is 8.04. The fourth-order valence-electron chi connectivity index (χ4n) is 1.68. The maximum atomic E-state index is 11.4. The van der Waals surface area contributed by atoms with Gasteiger partial charge in [-0.05, 0) is 6.92 Å². The normalized spacial score (nSPS) is 19.2. The zero-order valence-corrected chi connectivity index (χ0v) is 9.73. The van der Waals surface area contributed by atoms with Gasteiger partial charge in [-0.25, -0.2) is 4.79 Å². The smallest absolute Gasteiger partial charge is 0.314 e. The second-order valence-corrected chi connectivity index (χ2v) is 3.87. The molecule has 0 spiro atoms. The Morgan fingerprint density at radius 1 is 1.47 bits per heavy atom. The summed E-state index contributed by atoms with van der Waals surface area (Å²) in [4.78, 5) is 34.6. The number of nitrogens with one attached hydrogen (secondary N) is 2. The number of likely N-dealkylation sites (tertiary alicyclic amines) is 1. The van der Waals surface area contributed by atoms with Crippen molar-refractivity contribution in [3.8, 4) is 0 Å². The van der Waals surface area contributed by atoms with Gasteiger partial charge < -0.3 is 20.6 Å². The van der Waals surface area contributed by atoms with Crippen molar-refractivity contribution in [2.24, 2.45) is 5.92 Å². The van der Waals surface area contributed by atoms with Crippen molar-refractivity contribution in [1.82, 2.24) is 15.5 Å². The van der Waals surface area contributed by atoms with Crippen LogP contribution in [0.25, 0.3) is 0 Å². The summed E-state index contributed by atoms with van der Waals surface area (Å²) < 4.78 is 0. The molecule has 0 aromatic rings. The first-order valence-electron chi connectivity index (χ1n) is 5.56. The highest BCUT2D eigenvalue weighted by atomic mass is 16.4. The number of nitrogens with zero attached hydrogens (tertiary/aromatic N) is 1. The van der Waals surface area contributed by atoms with Crippen LogP contribution in [-0.4, -0.2) is 54.1 Å². The Bertz CT molecular complexity index is 319. The zero-order valence-electron chi connectivity index (χ0n) is 9.73. The molecule has 96 valence electrons. The third-order valence-corrected chi connectivity index (χ3v) is 2.57. The molecule has 1 unspecified atom stereocenters. The number of carboxylic acid groups (broad SMARTS) is 1. The Hall–Kier alpha value is -1.79. The van der Waals surface area contributed by atoms with Crippen LogP contribution in [0.5, 0.6) is 0 Å². The number of carboxylic acids is 1. The molecule has 1 fully saturated rings. The minimum atomic E-state index is -0.947. The van der Waals surface area contributed by atoms with Gasteiger partial charge in [0.05, 0.1) is 5.92 Å². The van der Waals surface area contributed by atoms with Crippen LogP contribution >= 0.6 is 0 Å². The van der Waals surface area contributed by atoms with Gasteiger partial charge in [-0.3, -0.25) is 9.59 Å².